The molecule has 0 bridgehead atoms. The molecule has 0 spiro atoms. The van der Waals surface area contributed by atoms with Crippen LogP contribution in [0.25, 0.3) is 0 Å². The van der Waals surface area contributed by atoms with Crippen LogP contribution in [-0.2, 0) is 0 Å². The van der Waals surface area contributed by atoms with Crippen LogP contribution in [0, 0.1) is 23.2 Å². The summed E-state index contributed by atoms with van der Waals surface area (Å²) < 4.78 is 0. The summed E-state index contributed by atoms with van der Waals surface area (Å²) in [5.74, 6) is 6.30. The summed E-state index contributed by atoms with van der Waals surface area (Å²) >= 11 is 0. The summed E-state index contributed by atoms with van der Waals surface area (Å²) in [6.45, 7) is 6.47. The van der Waals surface area contributed by atoms with Crippen LogP contribution in [0.5, 0.6) is 0 Å². The van der Waals surface area contributed by atoms with E-state index in [4.69, 9.17) is 0 Å². The van der Waals surface area contributed by atoms with Crippen molar-refractivity contribution in [1.82, 2.24) is 0 Å². The van der Waals surface area contributed by atoms with Crippen LogP contribution in [0.4, 0.5) is 0 Å². The lowest BCUT2D eigenvalue weighted by atomic mass is 9.71. The molecule has 0 radical (unpaired) electrons. The third-order valence-corrected chi connectivity index (χ3v) is 3.42. The van der Waals surface area contributed by atoms with Crippen molar-refractivity contribution in [3.8, 4) is 11.8 Å². The van der Waals surface area contributed by atoms with Crippen molar-refractivity contribution in [3.63, 3.8) is 0 Å². The smallest absolute Gasteiger partial charge is 0.0677 e. The number of rotatable bonds is 2. The fourth-order valence-electron chi connectivity index (χ4n) is 2.18. The monoisotopic (exact) mass is 194 g/mol. The van der Waals surface area contributed by atoms with Crippen molar-refractivity contribution < 1.29 is 5.11 Å². The largest absolute Gasteiger partial charge is 0.392 e. The molecule has 1 unspecified atom stereocenters. The standard InChI is InChI=1S/C13H22O/c1-4-5-6-12(14)11-7-9-13(2,3)10-8-11/h11-12,14H,6-10H2,1-3H3. The molecule has 0 heterocycles. The highest BCUT2D eigenvalue weighted by Crippen LogP contribution is 2.39. The molecule has 1 aliphatic rings. The molecule has 1 aliphatic carbocycles. The summed E-state index contributed by atoms with van der Waals surface area (Å²) in [5, 5.41) is 9.87. The van der Waals surface area contributed by atoms with Gasteiger partial charge in [0.15, 0.2) is 0 Å². The van der Waals surface area contributed by atoms with Gasteiger partial charge in [0.05, 0.1) is 6.10 Å². The minimum atomic E-state index is -0.196. The molecule has 0 aliphatic heterocycles. The van der Waals surface area contributed by atoms with Gasteiger partial charge in [-0.1, -0.05) is 13.8 Å². The van der Waals surface area contributed by atoms with Crippen molar-refractivity contribution in [2.45, 2.75) is 59.0 Å². The molecule has 0 amide bonds. The zero-order valence-electron chi connectivity index (χ0n) is 9.64. The van der Waals surface area contributed by atoms with E-state index in [-0.39, 0.29) is 6.10 Å². The first kappa shape index (κ1) is 11.6. The molecule has 1 fully saturated rings. The molecule has 80 valence electrons. The van der Waals surface area contributed by atoms with Gasteiger partial charge >= 0.3 is 0 Å². The number of aliphatic hydroxyl groups is 1. The van der Waals surface area contributed by atoms with Crippen LogP contribution < -0.4 is 0 Å². The lowest BCUT2D eigenvalue weighted by molar-refractivity contribution is 0.0608. The number of aliphatic hydroxyl groups excluding tert-OH is 1. The minimum Gasteiger partial charge on any atom is -0.392 e. The molecular formula is C13H22O. The Morgan fingerprint density at radius 1 is 1.36 bits per heavy atom. The van der Waals surface area contributed by atoms with Crippen molar-refractivity contribution in [2.75, 3.05) is 0 Å². The molecule has 1 saturated carbocycles. The molecule has 0 aromatic carbocycles. The Balaban J connectivity index is 2.36. The maximum atomic E-state index is 9.87. The lowest BCUT2D eigenvalue weighted by Gasteiger charge is -2.35. The molecule has 1 N–H and O–H groups in total. The Morgan fingerprint density at radius 3 is 2.43 bits per heavy atom. The predicted octanol–water partition coefficient (Wildman–Crippen LogP) is 2.98. The van der Waals surface area contributed by atoms with Crippen LogP contribution in [-0.4, -0.2) is 11.2 Å². The van der Waals surface area contributed by atoms with Gasteiger partial charge in [-0.2, -0.15) is 0 Å². The van der Waals surface area contributed by atoms with Crippen molar-refractivity contribution >= 4 is 0 Å². The van der Waals surface area contributed by atoms with E-state index >= 15 is 0 Å². The van der Waals surface area contributed by atoms with Gasteiger partial charge in [-0.25, -0.2) is 0 Å². The topological polar surface area (TPSA) is 20.2 Å². The first-order chi connectivity index (χ1) is 6.55. The Bertz CT molecular complexity index is 221. The summed E-state index contributed by atoms with van der Waals surface area (Å²) in [7, 11) is 0. The predicted molar refractivity (Wildman–Crippen MR) is 59.8 cm³/mol. The molecular weight excluding hydrogens is 172 g/mol. The fourth-order valence-corrected chi connectivity index (χ4v) is 2.18. The Kier molecular flexibility index (Phi) is 4.01. The zero-order chi connectivity index (χ0) is 10.6. The van der Waals surface area contributed by atoms with Gasteiger partial charge in [0, 0.05) is 6.42 Å². The van der Waals surface area contributed by atoms with Gasteiger partial charge in [-0.05, 0) is 43.9 Å². The van der Waals surface area contributed by atoms with Crippen LogP contribution in [0.2, 0.25) is 0 Å². The Hall–Kier alpha value is -0.480. The summed E-state index contributed by atoms with van der Waals surface area (Å²) in [6.07, 6.45) is 5.28. The van der Waals surface area contributed by atoms with Gasteiger partial charge in [-0.3, -0.25) is 0 Å². The first-order valence-electron chi connectivity index (χ1n) is 5.63. The SMILES string of the molecule is CC#CCC(O)C1CCC(C)(C)CC1. The van der Waals surface area contributed by atoms with Crippen molar-refractivity contribution in [1.29, 1.82) is 0 Å². The second kappa shape index (κ2) is 4.84. The number of hydrogen-bond donors (Lipinski definition) is 1. The van der Waals surface area contributed by atoms with Gasteiger partial charge in [-0.15, -0.1) is 11.8 Å². The maximum Gasteiger partial charge on any atom is 0.0677 e. The second-order valence-electron chi connectivity index (χ2n) is 5.20. The van der Waals surface area contributed by atoms with E-state index in [0.717, 1.165) is 0 Å². The van der Waals surface area contributed by atoms with E-state index < -0.39 is 0 Å². The molecule has 0 saturated heterocycles. The van der Waals surface area contributed by atoms with Crippen molar-refractivity contribution in [3.05, 3.63) is 0 Å². The van der Waals surface area contributed by atoms with Gasteiger partial charge < -0.3 is 5.11 Å². The summed E-state index contributed by atoms with van der Waals surface area (Å²) in [6, 6.07) is 0. The lowest BCUT2D eigenvalue weighted by Crippen LogP contribution is -2.28. The third-order valence-electron chi connectivity index (χ3n) is 3.42. The Morgan fingerprint density at radius 2 is 1.93 bits per heavy atom. The van der Waals surface area contributed by atoms with Crippen LogP contribution in [0.1, 0.15) is 52.9 Å². The van der Waals surface area contributed by atoms with Crippen LogP contribution in [0.3, 0.4) is 0 Å². The Labute approximate surface area is 87.9 Å². The van der Waals surface area contributed by atoms with E-state index in [1.165, 1.54) is 25.7 Å². The molecule has 14 heavy (non-hydrogen) atoms. The van der Waals surface area contributed by atoms with Gasteiger partial charge in [0.1, 0.15) is 0 Å². The third kappa shape index (κ3) is 3.35. The number of hydrogen-bond acceptors (Lipinski definition) is 1. The second-order valence-corrected chi connectivity index (χ2v) is 5.20. The first-order valence-corrected chi connectivity index (χ1v) is 5.63. The van der Waals surface area contributed by atoms with E-state index in [1.54, 1.807) is 0 Å². The van der Waals surface area contributed by atoms with E-state index in [2.05, 4.69) is 25.7 Å². The molecule has 1 rings (SSSR count). The van der Waals surface area contributed by atoms with Gasteiger partial charge in [0.2, 0.25) is 0 Å². The van der Waals surface area contributed by atoms with Crippen LogP contribution >= 0.6 is 0 Å². The highest BCUT2D eigenvalue weighted by molar-refractivity contribution is 4.98. The average molecular weight is 194 g/mol. The zero-order valence-corrected chi connectivity index (χ0v) is 9.64. The molecule has 1 nitrogen and oxygen atoms in total. The van der Waals surface area contributed by atoms with Crippen molar-refractivity contribution in [2.24, 2.45) is 11.3 Å². The fraction of sp³-hybridized carbons (Fsp3) is 0.846. The molecule has 0 aromatic heterocycles. The van der Waals surface area contributed by atoms with Crippen LogP contribution in [0.15, 0.2) is 0 Å². The van der Waals surface area contributed by atoms with E-state index in [9.17, 15) is 5.11 Å². The molecule has 0 aromatic rings. The van der Waals surface area contributed by atoms with E-state index in [1.807, 2.05) is 6.92 Å². The molecule has 1 atom stereocenters. The summed E-state index contributed by atoms with van der Waals surface area (Å²) in [5.41, 5.74) is 0.493. The summed E-state index contributed by atoms with van der Waals surface area (Å²) in [4.78, 5) is 0. The highest BCUT2D eigenvalue weighted by Gasteiger charge is 2.29. The molecule has 1 heteroatoms. The normalized spacial score (nSPS) is 23.7. The highest BCUT2D eigenvalue weighted by atomic mass is 16.3. The van der Waals surface area contributed by atoms with E-state index in [0.29, 0.717) is 17.8 Å². The maximum absolute atomic E-state index is 9.87. The quantitative estimate of drug-likeness (QED) is 0.670. The minimum absolute atomic E-state index is 0.196. The average Bonchev–Trinajstić information content (AvgIpc) is 2.14. The van der Waals surface area contributed by atoms with Gasteiger partial charge in [0.25, 0.3) is 0 Å².